The van der Waals surface area contributed by atoms with Crippen LogP contribution in [0.2, 0.25) is 0 Å². The van der Waals surface area contributed by atoms with Crippen LogP contribution in [0.25, 0.3) is 0 Å². The molecule has 2 N–H and O–H groups in total. The van der Waals surface area contributed by atoms with Crippen LogP contribution in [0.15, 0.2) is 34.3 Å². The lowest BCUT2D eigenvalue weighted by Crippen LogP contribution is -2.13. The highest BCUT2D eigenvalue weighted by Crippen LogP contribution is 2.37. The molecule has 0 atom stereocenters. The number of aromatic hydroxyl groups is 2. The summed E-state index contributed by atoms with van der Waals surface area (Å²) in [5, 5.41) is 21.1. The van der Waals surface area contributed by atoms with Crippen molar-refractivity contribution >= 4 is 12.4 Å². The largest absolute Gasteiger partial charge is 0.507 e. The molecule has 42 heavy (non-hydrogen) atoms. The lowest BCUT2D eigenvalue weighted by Gasteiger charge is -2.22. The number of rotatable bonds is 6. The molecule has 232 valence electrons. The summed E-state index contributed by atoms with van der Waals surface area (Å²) in [6.45, 7) is 12.5. The van der Waals surface area contributed by atoms with Gasteiger partial charge in [0.1, 0.15) is 23.0 Å². The molecule has 2 aliphatic carbocycles. The SMILES string of the molecule is COc1cc(C=NC2CCCCC2)c(O)c(C(C)(C)C)c1.COc1cc(C=NC2CCCCC2)c(O)c(C(C)(C)C)c1. The number of phenols is 2. The molecule has 0 radical (unpaired) electrons. The molecule has 0 spiro atoms. The summed E-state index contributed by atoms with van der Waals surface area (Å²) in [7, 11) is 3.31. The predicted octanol–water partition coefficient (Wildman–Crippen LogP) is 8.90. The number of ether oxygens (including phenoxy) is 2. The number of hydrogen-bond donors (Lipinski definition) is 2. The summed E-state index contributed by atoms with van der Waals surface area (Å²) in [5.74, 6) is 2.18. The summed E-state index contributed by atoms with van der Waals surface area (Å²) in [5.41, 5.74) is 3.03. The number of aliphatic imine (C=N–C) groups is 2. The van der Waals surface area contributed by atoms with Gasteiger partial charge in [0.05, 0.1) is 14.2 Å². The van der Waals surface area contributed by atoms with Crippen LogP contribution in [0.1, 0.15) is 128 Å². The van der Waals surface area contributed by atoms with Gasteiger partial charge in [-0.1, -0.05) is 80.1 Å². The summed E-state index contributed by atoms with van der Waals surface area (Å²) < 4.78 is 10.7. The second kappa shape index (κ2) is 14.9. The van der Waals surface area contributed by atoms with E-state index in [4.69, 9.17) is 9.47 Å². The number of hydrogen-bond acceptors (Lipinski definition) is 6. The lowest BCUT2D eigenvalue weighted by atomic mass is 9.85. The normalized spacial score (nSPS) is 17.3. The average molecular weight is 579 g/mol. The maximum Gasteiger partial charge on any atom is 0.128 e. The van der Waals surface area contributed by atoms with E-state index in [1.165, 1.54) is 38.5 Å². The molecule has 2 aromatic carbocycles. The third kappa shape index (κ3) is 9.50. The maximum atomic E-state index is 10.5. The van der Waals surface area contributed by atoms with E-state index in [1.807, 2.05) is 36.7 Å². The van der Waals surface area contributed by atoms with Crippen LogP contribution in [0.4, 0.5) is 0 Å². The third-order valence-corrected chi connectivity index (χ3v) is 8.31. The third-order valence-electron chi connectivity index (χ3n) is 8.31. The zero-order valence-electron chi connectivity index (χ0n) is 27.3. The van der Waals surface area contributed by atoms with Gasteiger partial charge in [-0.3, -0.25) is 9.98 Å². The van der Waals surface area contributed by atoms with Crippen LogP contribution in [0, 0.1) is 0 Å². The van der Waals surface area contributed by atoms with Gasteiger partial charge in [0.2, 0.25) is 0 Å². The van der Waals surface area contributed by atoms with Gasteiger partial charge < -0.3 is 19.7 Å². The minimum absolute atomic E-state index is 0.133. The molecular formula is C36H54N2O4. The quantitative estimate of drug-likeness (QED) is 0.335. The molecule has 0 aliphatic heterocycles. The molecule has 0 amide bonds. The van der Waals surface area contributed by atoms with Crippen LogP contribution < -0.4 is 9.47 Å². The van der Waals surface area contributed by atoms with Crippen molar-refractivity contribution in [2.24, 2.45) is 9.98 Å². The van der Waals surface area contributed by atoms with Crippen molar-refractivity contribution in [1.29, 1.82) is 0 Å². The zero-order valence-corrected chi connectivity index (χ0v) is 27.3. The zero-order chi connectivity index (χ0) is 30.9. The van der Waals surface area contributed by atoms with Crippen molar-refractivity contribution in [2.45, 2.75) is 129 Å². The van der Waals surface area contributed by atoms with E-state index in [0.717, 1.165) is 59.4 Å². The Hall–Kier alpha value is -3.02. The molecular weight excluding hydrogens is 524 g/mol. The van der Waals surface area contributed by atoms with E-state index in [0.29, 0.717) is 23.6 Å². The molecule has 4 rings (SSSR count). The Balaban J connectivity index is 0.000000230. The van der Waals surface area contributed by atoms with Gasteiger partial charge in [-0.25, -0.2) is 0 Å². The fourth-order valence-corrected chi connectivity index (χ4v) is 5.67. The Labute approximate surface area is 254 Å². The molecule has 0 bridgehead atoms. The minimum atomic E-state index is -0.133. The molecule has 0 aromatic heterocycles. The second-order valence-electron chi connectivity index (χ2n) is 13.9. The molecule has 2 aromatic rings. The van der Waals surface area contributed by atoms with Crippen molar-refractivity contribution < 1.29 is 19.7 Å². The standard InChI is InChI=1S/2C18H27NO2/c2*1-18(2,3)16-11-15(21-4)10-13(17(16)20)12-19-14-8-6-5-7-9-14/h2*10-12,14,20H,5-9H2,1-4H3. The molecule has 0 saturated heterocycles. The van der Waals surface area contributed by atoms with E-state index < -0.39 is 0 Å². The maximum absolute atomic E-state index is 10.5. The van der Waals surface area contributed by atoms with Crippen LogP contribution in [-0.2, 0) is 10.8 Å². The van der Waals surface area contributed by atoms with E-state index in [2.05, 4.69) is 51.5 Å². The lowest BCUT2D eigenvalue weighted by molar-refractivity contribution is 0.405. The molecule has 2 aliphatic rings. The number of phenolic OH excluding ortho intramolecular Hbond substituents is 2. The highest BCUT2D eigenvalue weighted by Gasteiger charge is 2.23. The molecule has 2 saturated carbocycles. The van der Waals surface area contributed by atoms with Crippen molar-refractivity contribution in [3.05, 3.63) is 46.5 Å². The van der Waals surface area contributed by atoms with Gasteiger partial charge in [0.15, 0.2) is 0 Å². The van der Waals surface area contributed by atoms with Crippen LogP contribution >= 0.6 is 0 Å². The molecule has 6 heteroatoms. The first-order valence-electron chi connectivity index (χ1n) is 15.7. The molecule has 6 nitrogen and oxygen atoms in total. The van der Waals surface area contributed by atoms with Gasteiger partial charge in [0, 0.05) is 46.8 Å². The van der Waals surface area contributed by atoms with Crippen molar-refractivity contribution in [2.75, 3.05) is 14.2 Å². The van der Waals surface area contributed by atoms with Gasteiger partial charge in [0.25, 0.3) is 0 Å². The van der Waals surface area contributed by atoms with Crippen molar-refractivity contribution in [3.63, 3.8) is 0 Å². The van der Waals surface area contributed by atoms with Crippen molar-refractivity contribution in [1.82, 2.24) is 0 Å². The highest BCUT2D eigenvalue weighted by atomic mass is 16.5. The van der Waals surface area contributed by atoms with Gasteiger partial charge in [-0.05, 0) is 60.8 Å². The first-order valence-corrected chi connectivity index (χ1v) is 15.7. The number of methoxy groups -OCH3 is 2. The Kier molecular flexibility index (Phi) is 11.9. The topological polar surface area (TPSA) is 83.6 Å². The van der Waals surface area contributed by atoms with Crippen molar-refractivity contribution in [3.8, 4) is 23.0 Å². The molecule has 0 heterocycles. The van der Waals surface area contributed by atoms with E-state index >= 15 is 0 Å². The minimum Gasteiger partial charge on any atom is -0.507 e. The monoisotopic (exact) mass is 578 g/mol. The van der Waals surface area contributed by atoms with Crippen LogP contribution in [0.5, 0.6) is 23.0 Å². The average Bonchev–Trinajstić information content (AvgIpc) is 2.96. The summed E-state index contributed by atoms with van der Waals surface area (Å²) in [4.78, 5) is 9.34. The molecule has 2 fully saturated rings. The first kappa shape index (κ1) is 33.5. The van der Waals surface area contributed by atoms with Gasteiger partial charge in [-0.15, -0.1) is 0 Å². The summed E-state index contributed by atoms with van der Waals surface area (Å²) in [6.07, 6.45) is 16.0. The van der Waals surface area contributed by atoms with E-state index in [-0.39, 0.29) is 10.8 Å². The Morgan fingerprint density at radius 1 is 0.595 bits per heavy atom. The Morgan fingerprint density at radius 2 is 0.929 bits per heavy atom. The number of nitrogens with zero attached hydrogens (tertiary/aromatic N) is 2. The van der Waals surface area contributed by atoms with Crippen LogP contribution in [0.3, 0.4) is 0 Å². The van der Waals surface area contributed by atoms with E-state index in [9.17, 15) is 10.2 Å². The Morgan fingerprint density at radius 3 is 1.21 bits per heavy atom. The fraction of sp³-hybridized carbons (Fsp3) is 0.611. The van der Waals surface area contributed by atoms with Gasteiger partial charge in [-0.2, -0.15) is 0 Å². The smallest absolute Gasteiger partial charge is 0.128 e. The summed E-state index contributed by atoms with van der Waals surface area (Å²) in [6, 6.07) is 8.35. The first-order chi connectivity index (χ1) is 19.8. The summed E-state index contributed by atoms with van der Waals surface area (Å²) >= 11 is 0. The molecule has 0 unspecified atom stereocenters. The highest BCUT2D eigenvalue weighted by molar-refractivity contribution is 5.86. The second-order valence-corrected chi connectivity index (χ2v) is 13.9. The fourth-order valence-electron chi connectivity index (χ4n) is 5.67. The predicted molar refractivity (Wildman–Crippen MR) is 176 cm³/mol. The van der Waals surface area contributed by atoms with E-state index in [1.54, 1.807) is 14.2 Å². The Bertz CT molecular complexity index is 1110. The number of benzene rings is 2. The van der Waals surface area contributed by atoms with Crippen LogP contribution in [-0.4, -0.2) is 48.9 Å². The van der Waals surface area contributed by atoms with Gasteiger partial charge >= 0.3 is 0 Å².